The number of aliphatic hydroxyl groups is 3. The highest BCUT2D eigenvalue weighted by molar-refractivity contribution is 5.85. The van der Waals surface area contributed by atoms with E-state index in [-0.39, 0.29) is 11.3 Å². The third-order valence-electron chi connectivity index (χ3n) is 3.70. The van der Waals surface area contributed by atoms with E-state index >= 15 is 0 Å². The number of furan rings is 1. The van der Waals surface area contributed by atoms with Gasteiger partial charge < -0.3 is 24.8 Å². The summed E-state index contributed by atoms with van der Waals surface area (Å²) in [5, 5.41) is 46.8. The lowest BCUT2D eigenvalue weighted by atomic mass is 9.82. The first-order valence-electron chi connectivity index (χ1n) is 6.86. The van der Waals surface area contributed by atoms with Crippen molar-refractivity contribution < 1.29 is 29.6 Å². The van der Waals surface area contributed by atoms with Crippen LogP contribution in [0.25, 0.3) is 5.57 Å². The van der Waals surface area contributed by atoms with Crippen LogP contribution in [-0.2, 0) is 11.3 Å². The Bertz CT molecular complexity index is 738. The molecule has 0 unspecified atom stereocenters. The van der Waals surface area contributed by atoms with Gasteiger partial charge in [0.1, 0.15) is 24.1 Å². The van der Waals surface area contributed by atoms with Crippen LogP contribution in [0.1, 0.15) is 17.9 Å². The molecule has 2 heterocycles. The number of aliphatic hydroxyl groups excluding tert-OH is 2. The Balaban J connectivity index is 1.91. The van der Waals surface area contributed by atoms with E-state index in [1.54, 1.807) is 12.1 Å². The van der Waals surface area contributed by atoms with Gasteiger partial charge in [-0.25, -0.2) is 9.48 Å². The molecule has 23 heavy (non-hydrogen) atoms. The van der Waals surface area contributed by atoms with Crippen molar-refractivity contribution in [3.8, 4) is 0 Å². The lowest BCUT2D eigenvalue weighted by Crippen LogP contribution is -2.47. The zero-order valence-corrected chi connectivity index (χ0v) is 11.9. The number of nitrogens with zero attached hydrogens (tertiary/aromatic N) is 3. The van der Waals surface area contributed by atoms with E-state index in [1.165, 1.54) is 17.1 Å². The molecule has 0 spiro atoms. The van der Waals surface area contributed by atoms with Crippen molar-refractivity contribution in [3.63, 3.8) is 0 Å². The Morgan fingerprint density at radius 3 is 2.91 bits per heavy atom. The fourth-order valence-electron chi connectivity index (χ4n) is 2.48. The predicted molar refractivity (Wildman–Crippen MR) is 75.0 cm³/mol. The molecule has 2 aromatic heterocycles. The first-order chi connectivity index (χ1) is 10.9. The SMILES string of the molecule is O=C(O)[C@]1(O)C=C(c2cn(Cc3ccco3)nn2)[C@@H](O)[C@H](O)C1. The summed E-state index contributed by atoms with van der Waals surface area (Å²) < 4.78 is 6.62. The largest absolute Gasteiger partial charge is 0.479 e. The van der Waals surface area contributed by atoms with Gasteiger partial charge in [0.15, 0.2) is 5.60 Å². The molecule has 0 radical (unpaired) electrons. The van der Waals surface area contributed by atoms with Crippen LogP contribution in [0.5, 0.6) is 0 Å². The molecule has 0 fully saturated rings. The molecule has 0 saturated carbocycles. The Kier molecular flexibility index (Phi) is 3.76. The van der Waals surface area contributed by atoms with Gasteiger partial charge in [-0.3, -0.25) is 0 Å². The monoisotopic (exact) mass is 321 g/mol. The zero-order chi connectivity index (χ0) is 16.6. The van der Waals surface area contributed by atoms with E-state index in [4.69, 9.17) is 9.52 Å². The van der Waals surface area contributed by atoms with Crippen molar-refractivity contribution in [3.05, 3.63) is 42.1 Å². The van der Waals surface area contributed by atoms with E-state index in [2.05, 4.69) is 10.3 Å². The molecule has 122 valence electrons. The molecule has 0 amide bonds. The second kappa shape index (κ2) is 5.61. The minimum Gasteiger partial charge on any atom is -0.479 e. The summed E-state index contributed by atoms with van der Waals surface area (Å²) in [4.78, 5) is 11.2. The zero-order valence-electron chi connectivity index (χ0n) is 11.9. The third-order valence-corrected chi connectivity index (χ3v) is 3.70. The van der Waals surface area contributed by atoms with Crippen molar-refractivity contribution in [1.29, 1.82) is 0 Å². The lowest BCUT2D eigenvalue weighted by Gasteiger charge is -2.32. The molecule has 2 aromatic rings. The van der Waals surface area contributed by atoms with E-state index < -0.39 is 30.2 Å². The molecule has 0 aliphatic heterocycles. The lowest BCUT2D eigenvalue weighted by molar-refractivity contribution is -0.157. The maximum Gasteiger partial charge on any atom is 0.339 e. The van der Waals surface area contributed by atoms with Crippen LogP contribution >= 0.6 is 0 Å². The summed E-state index contributed by atoms with van der Waals surface area (Å²) in [7, 11) is 0. The van der Waals surface area contributed by atoms with Crippen LogP contribution in [0.2, 0.25) is 0 Å². The number of aliphatic carboxylic acids is 1. The van der Waals surface area contributed by atoms with Gasteiger partial charge in [0.05, 0.1) is 18.6 Å². The summed E-state index contributed by atoms with van der Waals surface area (Å²) in [5.41, 5.74) is -2.08. The first-order valence-corrected chi connectivity index (χ1v) is 6.86. The van der Waals surface area contributed by atoms with Crippen molar-refractivity contribution in [2.75, 3.05) is 0 Å². The van der Waals surface area contributed by atoms with Gasteiger partial charge in [0.2, 0.25) is 0 Å². The van der Waals surface area contributed by atoms with Crippen LogP contribution in [0.15, 0.2) is 35.1 Å². The number of rotatable bonds is 4. The minimum absolute atomic E-state index is 0.0133. The fraction of sp³-hybridized carbons (Fsp3) is 0.357. The summed E-state index contributed by atoms with van der Waals surface area (Å²) in [6, 6.07) is 3.48. The second-order valence-corrected chi connectivity index (χ2v) is 5.43. The van der Waals surface area contributed by atoms with Gasteiger partial charge in [0.25, 0.3) is 0 Å². The van der Waals surface area contributed by atoms with Crippen molar-refractivity contribution in [1.82, 2.24) is 15.0 Å². The molecule has 1 aliphatic carbocycles. The molecular formula is C14H15N3O6. The highest BCUT2D eigenvalue weighted by atomic mass is 16.4. The topological polar surface area (TPSA) is 142 Å². The summed E-state index contributed by atoms with van der Waals surface area (Å²) >= 11 is 0. The van der Waals surface area contributed by atoms with E-state index in [1.807, 2.05) is 0 Å². The van der Waals surface area contributed by atoms with Crippen LogP contribution in [0.4, 0.5) is 0 Å². The first kappa shape index (κ1) is 15.4. The molecule has 1 aliphatic rings. The normalized spacial score (nSPS) is 27.7. The molecule has 9 heteroatoms. The molecule has 0 bridgehead atoms. The van der Waals surface area contributed by atoms with E-state index in [0.29, 0.717) is 12.3 Å². The Morgan fingerprint density at radius 2 is 2.26 bits per heavy atom. The van der Waals surface area contributed by atoms with Gasteiger partial charge in [-0.05, 0) is 18.2 Å². The summed E-state index contributed by atoms with van der Waals surface area (Å²) in [6.45, 7) is 0.301. The Labute approximate surface area is 130 Å². The Hall–Kier alpha value is -2.49. The Morgan fingerprint density at radius 1 is 1.48 bits per heavy atom. The van der Waals surface area contributed by atoms with E-state index in [0.717, 1.165) is 6.08 Å². The maximum absolute atomic E-state index is 11.2. The number of aromatic nitrogens is 3. The number of carboxylic acid groups (broad SMARTS) is 1. The average Bonchev–Trinajstić information content (AvgIpc) is 3.15. The minimum atomic E-state index is -2.27. The summed E-state index contributed by atoms with van der Waals surface area (Å²) in [5.74, 6) is -0.870. The van der Waals surface area contributed by atoms with Crippen LogP contribution in [0.3, 0.4) is 0 Å². The molecule has 0 aromatic carbocycles. The van der Waals surface area contributed by atoms with Gasteiger partial charge in [-0.15, -0.1) is 5.10 Å². The number of hydrogen-bond donors (Lipinski definition) is 4. The van der Waals surface area contributed by atoms with E-state index in [9.17, 15) is 20.1 Å². The van der Waals surface area contributed by atoms with Gasteiger partial charge in [-0.1, -0.05) is 5.21 Å². The predicted octanol–water partition coefficient (Wildman–Crippen LogP) is -0.756. The number of carboxylic acids is 1. The standard InChI is InChI=1S/C14H15N3O6/c18-11-5-14(22,13(20)21)4-9(12(11)19)10-7-17(16-15-10)6-8-2-1-3-23-8/h1-4,7,11-12,18-19,22H,5-6H2,(H,20,21)/t11-,12-,14+/m1/s1. The number of hydrogen-bond acceptors (Lipinski definition) is 7. The quantitative estimate of drug-likeness (QED) is 0.576. The smallest absolute Gasteiger partial charge is 0.339 e. The molecule has 4 N–H and O–H groups in total. The number of carbonyl (C=O) groups is 1. The van der Waals surface area contributed by atoms with Crippen LogP contribution in [0, 0.1) is 0 Å². The maximum atomic E-state index is 11.2. The highest BCUT2D eigenvalue weighted by Gasteiger charge is 2.44. The fourth-order valence-corrected chi connectivity index (χ4v) is 2.48. The third kappa shape index (κ3) is 2.89. The molecular weight excluding hydrogens is 306 g/mol. The van der Waals surface area contributed by atoms with Crippen molar-refractivity contribution >= 4 is 11.5 Å². The van der Waals surface area contributed by atoms with Gasteiger partial charge in [-0.2, -0.15) is 0 Å². The second-order valence-electron chi connectivity index (χ2n) is 5.43. The van der Waals surface area contributed by atoms with Crippen molar-refractivity contribution in [2.45, 2.75) is 30.8 Å². The summed E-state index contributed by atoms with van der Waals surface area (Å²) in [6.07, 6.45) is 0.693. The van der Waals surface area contributed by atoms with Gasteiger partial charge in [0, 0.05) is 12.0 Å². The molecule has 3 atom stereocenters. The van der Waals surface area contributed by atoms with Gasteiger partial charge >= 0.3 is 5.97 Å². The van der Waals surface area contributed by atoms with Crippen molar-refractivity contribution in [2.24, 2.45) is 0 Å². The molecule has 3 rings (SSSR count). The molecule has 0 saturated heterocycles. The van der Waals surface area contributed by atoms with Crippen LogP contribution in [-0.4, -0.2) is 59.2 Å². The highest BCUT2D eigenvalue weighted by Crippen LogP contribution is 2.32. The van der Waals surface area contributed by atoms with Crippen LogP contribution < -0.4 is 0 Å². The average molecular weight is 321 g/mol. The molecule has 9 nitrogen and oxygen atoms in total.